The molecule has 0 aliphatic rings. The molecule has 2 nitrogen and oxygen atoms in total. The smallest absolute Gasteiger partial charge is 0.142 e. The fourth-order valence-electron chi connectivity index (χ4n) is 1.59. The largest absolute Gasteiger partial charge is 0.386 e. The number of aliphatic hydroxyl groups is 1. The predicted octanol–water partition coefficient (Wildman–Crippen LogP) is 3.15. The normalized spacial score (nSPS) is 12.4. The van der Waals surface area contributed by atoms with Crippen molar-refractivity contribution in [2.45, 2.75) is 12.5 Å². The van der Waals surface area contributed by atoms with E-state index in [1.54, 1.807) is 36.5 Å². The van der Waals surface area contributed by atoms with Crippen molar-refractivity contribution in [2.75, 3.05) is 0 Å². The highest BCUT2D eigenvalue weighted by Gasteiger charge is 2.13. The number of hydrogen-bond acceptors (Lipinski definition) is 2. The summed E-state index contributed by atoms with van der Waals surface area (Å²) in [4.78, 5) is 4.04. The first-order valence-corrected chi connectivity index (χ1v) is 5.58. The molecular weight excluding hydrogens is 241 g/mol. The summed E-state index contributed by atoms with van der Waals surface area (Å²) in [6.45, 7) is 0. The molecule has 0 amide bonds. The zero-order chi connectivity index (χ0) is 12.3. The van der Waals surface area contributed by atoms with Crippen LogP contribution < -0.4 is 0 Å². The van der Waals surface area contributed by atoms with Crippen LogP contribution in [0.25, 0.3) is 0 Å². The third-order valence-electron chi connectivity index (χ3n) is 2.47. The summed E-state index contributed by atoms with van der Waals surface area (Å²) in [5, 5.41) is 10.0. The average molecular weight is 252 g/mol. The van der Waals surface area contributed by atoms with Crippen LogP contribution in [0.3, 0.4) is 0 Å². The molecule has 2 aromatic rings. The Bertz CT molecular complexity index is 504. The first-order chi connectivity index (χ1) is 8.18. The second-order valence-corrected chi connectivity index (χ2v) is 4.07. The topological polar surface area (TPSA) is 33.1 Å². The monoisotopic (exact) mass is 251 g/mol. The second kappa shape index (κ2) is 5.25. The summed E-state index contributed by atoms with van der Waals surface area (Å²) in [5.41, 5.74) is 1.12. The van der Waals surface area contributed by atoms with Gasteiger partial charge in [0.15, 0.2) is 0 Å². The van der Waals surface area contributed by atoms with E-state index in [-0.39, 0.29) is 11.4 Å². The maximum absolute atomic E-state index is 13.2. The molecule has 88 valence electrons. The Hall–Kier alpha value is -1.45. The summed E-state index contributed by atoms with van der Waals surface area (Å²) < 4.78 is 13.2. The molecule has 17 heavy (non-hydrogen) atoms. The molecule has 1 unspecified atom stereocenters. The van der Waals surface area contributed by atoms with Crippen LogP contribution in [-0.2, 0) is 6.42 Å². The van der Waals surface area contributed by atoms with E-state index in [0.717, 1.165) is 0 Å². The molecule has 1 aromatic heterocycles. The number of hydrogen-bond donors (Lipinski definition) is 1. The summed E-state index contributed by atoms with van der Waals surface area (Å²) in [6, 6.07) is 9.83. The molecule has 0 fully saturated rings. The van der Waals surface area contributed by atoms with Crippen molar-refractivity contribution >= 4 is 11.6 Å². The number of aliphatic hydroxyl groups excluding tert-OH is 1. The van der Waals surface area contributed by atoms with E-state index < -0.39 is 11.9 Å². The van der Waals surface area contributed by atoms with Gasteiger partial charge in [0.1, 0.15) is 5.82 Å². The van der Waals surface area contributed by atoms with Crippen LogP contribution in [0.15, 0.2) is 42.6 Å². The zero-order valence-corrected chi connectivity index (χ0v) is 9.73. The minimum atomic E-state index is -0.782. The number of rotatable bonds is 3. The Morgan fingerprint density at radius 2 is 2.06 bits per heavy atom. The highest BCUT2D eigenvalue weighted by molar-refractivity contribution is 6.31. The molecule has 0 aliphatic heterocycles. The molecular formula is C13H11ClFNO. The second-order valence-electron chi connectivity index (χ2n) is 3.69. The maximum atomic E-state index is 13.2. The van der Waals surface area contributed by atoms with Crippen LogP contribution in [0, 0.1) is 5.82 Å². The molecule has 0 saturated carbocycles. The molecule has 0 spiro atoms. The molecule has 4 heteroatoms. The van der Waals surface area contributed by atoms with Crippen molar-refractivity contribution in [3.63, 3.8) is 0 Å². The van der Waals surface area contributed by atoms with Gasteiger partial charge in [-0.3, -0.25) is 4.98 Å². The minimum absolute atomic E-state index is 0.0579. The van der Waals surface area contributed by atoms with E-state index in [1.807, 2.05) is 0 Å². The highest BCUT2D eigenvalue weighted by atomic mass is 35.5. The molecule has 0 radical (unpaired) electrons. The first kappa shape index (κ1) is 12.0. The minimum Gasteiger partial charge on any atom is -0.386 e. The lowest BCUT2D eigenvalue weighted by Crippen LogP contribution is -2.04. The first-order valence-electron chi connectivity index (χ1n) is 5.20. The highest BCUT2D eigenvalue weighted by Crippen LogP contribution is 2.24. The molecule has 1 atom stereocenters. The van der Waals surface area contributed by atoms with Gasteiger partial charge in [0.2, 0.25) is 0 Å². The van der Waals surface area contributed by atoms with Crippen molar-refractivity contribution in [3.05, 3.63) is 64.7 Å². The van der Waals surface area contributed by atoms with E-state index in [0.29, 0.717) is 11.3 Å². The van der Waals surface area contributed by atoms with E-state index in [2.05, 4.69) is 4.98 Å². The van der Waals surface area contributed by atoms with Crippen LogP contribution in [-0.4, -0.2) is 10.1 Å². The van der Waals surface area contributed by atoms with Crippen LogP contribution in [0.1, 0.15) is 17.4 Å². The van der Waals surface area contributed by atoms with Crippen LogP contribution in [0.5, 0.6) is 0 Å². The Kier molecular flexibility index (Phi) is 3.71. The lowest BCUT2D eigenvalue weighted by atomic mass is 10.1. The quantitative estimate of drug-likeness (QED) is 0.909. The Labute approximate surface area is 104 Å². The van der Waals surface area contributed by atoms with Crippen molar-refractivity contribution in [1.29, 1.82) is 0 Å². The molecule has 1 N–H and O–H groups in total. The van der Waals surface area contributed by atoms with Crippen molar-refractivity contribution in [2.24, 2.45) is 0 Å². The Balaban J connectivity index is 2.19. The van der Waals surface area contributed by atoms with Gasteiger partial charge in [-0.2, -0.15) is 0 Å². The molecule has 0 aliphatic carbocycles. The number of benzene rings is 1. The summed E-state index contributed by atoms with van der Waals surface area (Å²) >= 11 is 5.82. The number of aromatic nitrogens is 1. The third kappa shape index (κ3) is 2.81. The molecule has 1 heterocycles. The van der Waals surface area contributed by atoms with Gasteiger partial charge >= 0.3 is 0 Å². The van der Waals surface area contributed by atoms with Crippen LogP contribution in [0.2, 0.25) is 5.02 Å². The molecule has 1 aromatic carbocycles. The number of pyridine rings is 1. The molecule has 2 rings (SSSR count). The third-order valence-corrected chi connectivity index (χ3v) is 2.90. The maximum Gasteiger partial charge on any atom is 0.142 e. The predicted molar refractivity (Wildman–Crippen MR) is 64.3 cm³/mol. The van der Waals surface area contributed by atoms with Crippen LogP contribution >= 0.6 is 11.6 Å². The van der Waals surface area contributed by atoms with Crippen LogP contribution in [0.4, 0.5) is 4.39 Å². The van der Waals surface area contributed by atoms with Gasteiger partial charge in [0, 0.05) is 12.6 Å². The Morgan fingerprint density at radius 1 is 1.24 bits per heavy atom. The summed E-state index contributed by atoms with van der Waals surface area (Å²) in [7, 11) is 0. The van der Waals surface area contributed by atoms with Gasteiger partial charge in [-0.05, 0) is 23.8 Å². The van der Waals surface area contributed by atoms with E-state index in [4.69, 9.17) is 11.6 Å². The van der Waals surface area contributed by atoms with Crippen molar-refractivity contribution in [3.8, 4) is 0 Å². The molecule has 0 bridgehead atoms. The SMILES string of the molecule is OC(Cc1cccc(F)c1Cl)c1ccccn1. The van der Waals surface area contributed by atoms with E-state index >= 15 is 0 Å². The fourth-order valence-corrected chi connectivity index (χ4v) is 1.80. The number of nitrogens with zero attached hydrogens (tertiary/aromatic N) is 1. The average Bonchev–Trinajstić information content (AvgIpc) is 2.36. The summed E-state index contributed by atoms with van der Waals surface area (Å²) in [6.07, 6.45) is 1.06. The molecule has 0 saturated heterocycles. The van der Waals surface area contributed by atoms with E-state index in [1.165, 1.54) is 6.07 Å². The van der Waals surface area contributed by atoms with Gasteiger partial charge in [-0.1, -0.05) is 29.8 Å². The standard InChI is InChI=1S/C13H11ClFNO/c14-13-9(4-3-5-10(13)15)8-12(17)11-6-1-2-7-16-11/h1-7,12,17H,8H2. The number of halogens is 2. The van der Waals surface area contributed by atoms with Gasteiger partial charge in [0.25, 0.3) is 0 Å². The lowest BCUT2D eigenvalue weighted by molar-refractivity contribution is 0.173. The fraction of sp³-hybridized carbons (Fsp3) is 0.154. The van der Waals surface area contributed by atoms with Gasteiger partial charge in [-0.25, -0.2) is 4.39 Å². The van der Waals surface area contributed by atoms with Gasteiger partial charge in [-0.15, -0.1) is 0 Å². The lowest BCUT2D eigenvalue weighted by Gasteiger charge is -2.11. The van der Waals surface area contributed by atoms with Crippen molar-refractivity contribution < 1.29 is 9.50 Å². The van der Waals surface area contributed by atoms with Gasteiger partial charge < -0.3 is 5.11 Å². The van der Waals surface area contributed by atoms with E-state index in [9.17, 15) is 9.50 Å². The van der Waals surface area contributed by atoms with Gasteiger partial charge in [0.05, 0.1) is 16.8 Å². The Morgan fingerprint density at radius 3 is 2.76 bits per heavy atom. The zero-order valence-electron chi connectivity index (χ0n) is 8.98. The van der Waals surface area contributed by atoms with Crippen molar-refractivity contribution in [1.82, 2.24) is 4.98 Å². The summed E-state index contributed by atoms with van der Waals surface area (Å²) in [5.74, 6) is -0.475.